The van der Waals surface area contributed by atoms with E-state index >= 15 is 0 Å². The summed E-state index contributed by atoms with van der Waals surface area (Å²) in [6.45, 7) is 5.19. The number of nitrogens with one attached hydrogen (secondary N) is 1. The lowest BCUT2D eigenvalue weighted by atomic mass is 10.1. The van der Waals surface area contributed by atoms with E-state index in [1.165, 1.54) is 16.8 Å². The van der Waals surface area contributed by atoms with Crippen LogP contribution in [0.1, 0.15) is 18.1 Å². The van der Waals surface area contributed by atoms with E-state index in [0.29, 0.717) is 0 Å². The number of likely N-dealkylation sites (N-methyl/N-ethyl adjacent to an activating group) is 1. The summed E-state index contributed by atoms with van der Waals surface area (Å²) < 4.78 is 0. The molecule has 0 saturated heterocycles. The molecule has 1 unspecified atom stereocenters. The fourth-order valence-corrected chi connectivity index (χ4v) is 1.79. The quantitative estimate of drug-likeness (QED) is 0.793. The largest absolute Gasteiger partial charge is 0.394 e. The lowest BCUT2D eigenvalue weighted by Crippen LogP contribution is -2.32. The van der Waals surface area contributed by atoms with Crippen LogP contribution in [0.2, 0.25) is 0 Å². The van der Waals surface area contributed by atoms with Crippen LogP contribution in [-0.2, 0) is 6.54 Å². The molecule has 1 rings (SSSR count). The molecule has 3 heteroatoms. The fourth-order valence-electron chi connectivity index (χ4n) is 1.79. The first-order chi connectivity index (χ1) is 7.60. The molecular weight excluding hydrogens is 200 g/mol. The first-order valence-corrected chi connectivity index (χ1v) is 5.68. The number of aryl methyl sites for hydroxylation is 1. The Hall–Kier alpha value is -1.06. The predicted octanol–water partition coefficient (Wildman–Crippen LogP) is 1.53. The van der Waals surface area contributed by atoms with Crippen molar-refractivity contribution in [1.82, 2.24) is 5.32 Å². The van der Waals surface area contributed by atoms with Crippen LogP contribution in [0.15, 0.2) is 18.2 Å². The minimum atomic E-state index is 0.147. The number of aliphatic hydroxyl groups is 1. The SMILES string of the molecule is CNCc1ccc(N(C)C(C)CO)c(C)c1. The summed E-state index contributed by atoms with van der Waals surface area (Å²) in [6.07, 6.45) is 0. The number of aliphatic hydroxyl groups excluding tert-OH is 1. The molecule has 16 heavy (non-hydrogen) atoms. The number of nitrogens with zero attached hydrogens (tertiary/aromatic N) is 1. The van der Waals surface area contributed by atoms with Crippen LogP contribution in [0.5, 0.6) is 0 Å². The second-order valence-corrected chi connectivity index (χ2v) is 4.29. The average Bonchev–Trinajstić information content (AvgIpc) is 2.28. The van der Waals surface area contributed by atoms with Crippen LogP contribution in [-0.4, -0.2) is 31.9 Å². The van der Waals surface area contributed by atoms with Crippen molar-refractivity contribution >= 4 is 5.69 Å². The second-order valence-electron chi connectivity index (χ2n) is 4.29. The Labute approximate surface area is 98.1 Å². The first kappa shape index (κ1) is 13.0. The monoisotopic (exact) mass is 222 g/mol. The minimum Gasteiger partial charge on any atom is -0.394 e. The Morgan fingerprint density at radius 1 is 1.44 bits per heavy atom. The zero-order chi connectivity index (χ0) is 12.1. The molecule has 0 bridgehead atoms. The van der Waals surface area contributed by atoms with Gasteiger partial charge in [0.2, 0.25) is 0 Å². The number of hydrogen-bond acceptors (Lipinski definition) is 3. The minimum absolute atomic E-state index is 0.147. The van der Waals surface area contributed by atoms with Gasteiger partial charge in [-0.05, 0) is 38.1 Å². The third-order valence-electron chi connectivity index (χ3n) is 2.95. The van der Waals surface area contributed by atoms with E-state index in [-0.39, 0.29) is 12.6 Å². The summed E-state index contributed by atoms with van der Waals surface area (Å²) in [5, 5.41) is 12.3. The standard InChI is InChI=1S/C13H22N2O/c1-10-7-12(8-14-3)5-6-13(10)15(4)11(2)9-16/h5-7,11,14,16H,8-9H2,1-4H3. The van der Waals surface area contributed by atoms with Gasteiger partial charge in [0, 0.05) is 25.3 Å². The second kappa shape index (κ2) is 5.87. The van der Waals surface area contributed by atoms with Gasteiger partial charge in [-0.2, -0.15) is 0 Å². The summed E-state index contributed by atoms with van der Waals surface area (Å²) in [5.74, 6) is 0. The molecule has 0 aliphatic heterocycles. The number of benzene rings is 1. The maximum absolute atomic E-state index is 9.14. The van der Waals surface area contributed by atoms with Crippen molar-refractivity contribution in [1.29, 1.82) is 0 Å². The van der Waals surface area contributed by atoms with Gasteiger partial charge in [-0.25, -0.2) is 0 Å². The molecule has 0 fully saturated rings. The molecule has 0 aromatic heterocycles. The Morgan fingerprint density at radius 2 is 2.12 bits per heavy atom. The normalized spacial score (nSPS) is 12.6. The van der Waals surface area contributed by atoms with E-state index in [2.05, 4.69) is 35.3 Å². The summed E-state index contributed by atoms with van der Waals surface area (Å²) in [7, 11) is 3.96. The van der Waals surface area contributed by atoms with Crippen molar-refractivity contribution in [3.8, 4) is 0 Å². The van der Waals surface area contributed by atoms with Gasteiger partial charge in [-0.3, -0.25) is 0 Å². The molecule has 0 heterocycles. The van der Waals surface area contributed by atoms with Crippen molar-refractivity contribution < 1.29 is 5.11 Å². The van der Waals surface area contributed by atoms with Gasteiger partial charge in [0.05, 0.1) is 6.61 Å². The third-order valence-corrected chi connectivity index (χ3v) is 2.95. The van der Waals surface area contributed by atoms with E-state index in [0.717, 1.165) is 6.54 Å². The lowest BCUT2D eigenvalue weighted by molar-refractivity contribution is 0.270. The Bertz CT molecular complexity index is 339. The first-order valence-electron chi connectivity index (χ1n) is 5.68. The van der Waals surface area contributed by atoms with Gasteiger partial charge in [0.1, 0.15) is 0 Å². The fraction of sp³-hybridized carbons (Fsp3) is 0.538. The van der Waals surface area contributed by atoms with Crippen LogP contribution in [0.3, 0.4) is 0 Å². The van der Waals surface area contributed by atoms with Crippen molar-refractivity contribution in [2.75, 3.05) is 25.6 Å². The van der Waals surface area contributed by atoms with E-state index < -0.39 is 0 Å². The van der Waals surface area contributed by atoms with E-state index in [1.807, 2.05) is 21.0 Å². The maximum Gasteiger partial charge on any atom is 0.0632 e. The Balaban J connectivity index is 2.89. The molecule has 0 amide bonds. The van der Waals surface area contributed by atoms with Gasteiger partial charge in [-0.1, -0.05) is 12.1 Å². The van der Waals surface area contributed by atoms with Crippen molar-refractivity contribution in [3.63, 3.8) is 0 Å². The lowest BCUT2D eigenvalue weighted by Gasteiger charge is -2.27. The molecule has 1 atom stereocenters. The molecule has 0 saturated carbocycles. The summed E-state index contributed by atoms with van der Waals surface area (Å²) in [6, 6.07) is 6.58. The van der Waals surface area contributed by atoms with E-state index in [1.54, 1.807) is 0 Å². The highest BCUT2D eigenvalue weighted by Crippen LogP contribution is 2.21. The van der Waals surface area contributed by atoms with Gasteiger partial charge in [0.15, 0.2) is 0 Å². The molecule has 0 aliphatic carbocycles. The van der Waals surface area contributed by atoms with Gasteiger partial charge in [-0.15, -0.1) is 0 Å². The van der Waals surface area contributed by atoms with Gasteiger partial charge < -0.3 is 15.3 Å². The molecule has 3 nitrogen and oxygen atoms in total. The molecule has 2 N–H and O–H groups in total. The van der Waals surface area contributed by atoms with Gasteiger partial charge >= 0.3 is 0 Å². The average molecular weight is 222 g/mol. The van der Waals surface area contributed by atoms with Gasteiger partial charge in [0.25, 0.3) is 0 Å². The third kappa shape index (κ3) is 2.97. The zero-order valence-corrected chi connectivity index (χ0v) is 10.6. The van der Waals surface area contributed by atoms with Crippen LogP contribution in [0, 0.1) is 6.92 Å². The summed E-state index contributed by atoms with van der Waals surface area (Å²) >= 11 is 0. The smallest absolute Gasteiger partial charge is 0.0632 e. The molecule has 0 spiro atoms. The Kier molecular flexibility index (Phi) is 4.77. The van der Waals surface area contributed by atoms with Crippen molar-refractivity contribution in [2.45, 2.75) is 26.4 Å². The highest BCUT2D eigenvalue weighted by Gasteiger charge is 2.10. The molecular formula is C13H22N2O. The van der Waals surface area contributed by atoms with Crippen LogP contribution >= 0.6 is 0 Å². The topological polar surface area (TPSA) is 35.5 Å². The maximum atomic E-state index is 9.14. The zero-order valence-electron chi connectivity index (χ0n) is 10.6. The molecule has 0 radical (unpaired) electrons. The summed E-state index contributed by atoms with van der Waals surface area (Å²) in [5.41, 5.74) is 3.71. The van der Waals surface area contributed by atoms with Crippen molar-refractivity contribution in [3.05, 3.63) is 29.3 Å². The number of hydrogen-bond donors (Lipinski definition) is 2. The summed E-state index contributed by atoms with van der Waals surface area (Å²) in [4.78, 5) is 2.11. The predicted molar refractivity (Wildman–Crippen MR) is 68.9 cm³/mol. The van der Waals surface area contributed by atoms with Crippen molar-refractivity contribution in [2.24, 2.45) is 0 Å². The molecule has 1 aromatic rings. The van der Waals surface area contributed by atoms with Crippen LogP contribution < -0.4 is 10.2 Å². The van der Waals surface area contributed by atoms with E-state index in [9.17, 15) is 0 Å². The highest BCUT2D eigenvalue weighted by atomic mass is 16.3. The molecule has 90 valence electrons. The highest BCUT2D eigenvalue weighted by molar-refractivity contribution is 5.54. The number of rotatable bonds is 5. The molecule has 1 aromatic carbocycles. The Morgan fingerprint density at radius 3 is 2.62 bits per heavy atom. The number of anilines is 1. The van der Waals surface area contributed by atoms with E-state index in [4.69, 9.17) is 5.11 Å². The van der Waals surface area contributed by atoms with Crippen LogP contribution in [0.25, 0.3) is 0 Å². The molecule has 0 aliphatic rings. The van der Waals surface area contributed by atoms with Crippen LogP contribution in [0.4, 0.5) is 5.69 Å².